The van der Waals surface area contributed by atoms with Crippen molar-refractivity contribution in [3.63, 3.8) is 0 Å². The zero-order chi connectivity index (χ0) is 18.1. The molecule has 0 aliphatic carbocycles. The van der Waals surface area contributed by atoms with Crippen molar-refractivity contribution in [3.05, 3.63) is 59.6 Å². The molecule has 0 fully saturated rings. The SMILES string of the molecule is Cc1c(Nc2c(C#N)cncc2C2=CCN(C)CC2)ccc2[nH]ccc12. The highest BCUT2D eigenvalue weighted by atomic mass is 15.1. The molecule has 3 heterocycles. The number of benzene rings is 1. The molecule has 0 atom stereocenters. The number of nitriles is 1. The summed E-state index contributed by atoms with van der Waals surface area (Å²) in [6.07, 6.45) is 8.63. The Kier molecular flexibility index (Phi) is 4.19. The van der Waals surface area contributed by atoms with Crippen molar-refractivity contribution in [2.24, 2.45) is 0 Å². The average molecular weight is 343 g/mol. The number of likely N-dealkylation sites (N-methyl/N-ethyl adjacent to an activating group) is 1. The highest BCUT2D eigenvalue weighted by Crippen LogP contribution is 2.34. The number of aromatic amines is 1. The maximum atomic E-state index is 9.61. The molecule has 26 heavy (non-hydrogen) atoms. The van der Waals surface area contributed by atoms with Gasteiger partial charge >= 0.3 is 0 Å². The standard InChI is InChI=1S/C21H21N5/c1-14-17-5-8-24-20(17)4-3-19(14)25-21-16(11-22)12-23-13-18(21)15-6-9-26(2)10-7-15/h3-6,8,12-13,24H,7,9-10H2,1-2H3,(H,23,25). The van der Waals surface area contributed by atoms with E-state index in [4.69, 9.17) is 0 Å². The fourth-order valence-electron chi connectivity index (χ4n) is 3.49. The van der Waals surface area contributed by atoms with Gasteiger partial charge in [-0.3, -0.25) is 4.98 Å². The number of hydrogen-bond acceptors (Lipinski definition) is 4. The minimum Gasteiger partial charge on any atom is -0.361 e. The van der Waals surface area contributed by atoms with Gasteiger partial charge in [0.2, 0.25) is 0 Å². The maximum absolute atomic E-state index is 9.61. The van der Waals surface area contributed by atoms with E-state index in [9.17, 15) is 5.26 Å². The summed E-state index contributed by atoms with van der Waals surface area (Å²) in [4.78, 5) is 9.81. The number of H-pyrrole nitrogens is 1. The summed E-state index contributed by atoms with van der Waals surface area (Å²) >= 11 is 0. The maximum Gasteiger partial charge on any atom is 0.103 e. The fraction of sp³-hybridized carbons (Fsp3) is 0.238. The van der Waals surface area contributed by atoms with Gasteiger partial charge in [-0.15, -0.1) is 0 Å². The lowest BCUT2D eigenvalue weighted by Crippen LogP contribution is -2.24. The molecular weight excluding hydrogens is 322 g/mol. The first-order chi connectivity index (χ1) is 12.7. The van der Waals surface area contributed by atoms with Gasteiger partial charge in [-0.25, -0.2) is 0 Å². The zero-order valence-electron chi connectivity index (χ0n) is 15.0. The summed E-state index contributed by atoms with van der Waals surface area (Å²) in [7, 11) is 2.12. The van der Waals surface area contributed by atoms with Gasteiger partial charge in [-0.05, 0) is 49.7 Å². The van der Waals surface area contributed by atoms with Gasteiger partial charge in [0.05, 0.1) is 11.3 Å². The number of nitrogens with one attached hydrogen (secondary N) is 2. The highest BCUT2D eigenvalue weighted by molar-refractivity contribution is 5.90. The van der Waals surface area contributed by atoms with Gasteiger partial charge in [0.25, 0.3) is 0 Å². The third kappa shape index (κ3) is 2.85. The zero-order valence-corrected chi connectivity index (χ0v) is 15.0. The van der Waals surface area contributed by atoms with Crippen molar-refractivity contribution < 1.29 is 0 Å². The molecular formula is C21H21N5. The van der Waals surface area contributed by atoms with Crippen molar-refractivity contribution in [1.82, 2.24) is 14.9 Å². The second-order valence-electron chi connectivity index (χ2n) is 6.77. The lowest BCUT2D eigenvalue weighted by Gasteiger charge is -2.24. The molecule has 3 aromatic rings. The first-order valence-electron chi connectivity index (χ1n) is 8.77. The number of aromatic nitrogens is 2. The summed E-state index contributed by atoms with van der Waals surface area (Å²) in [5.74, 6) is 0. The number of anilines is 2. The molecule has 0 radical (unpaired) electrons. The molecule has 0 saturated heterocycles. The van der Waals surface area contributed by atoms with Gasteiger partial charge in [0.15, 0.2) is 0 Å². The van der Waals surface area contributed by atoms with Gasteiger partial charge < -0.3 is 15.2 Å². The smallest absolute Gasteiger partial charge is 0.103 e. The number of hydrogen-bond donors (Lipinski definition) is 2. The Balaban J connectivity index is 1.80. The molecule has 0 spiro atoms. The summed E-state index contributed by atoms with van der Waals surface area (Å²) in [5, 5.41) is 14.3. The largest absolute Gasteiger partial charge is 0.361 e. The molecule has 0 bridgehead atoms. The first kappa shape index (κ1) is 16.4. The quantitative estimate of drug-likeness (QED) is 0.748. The second kappa shape index (κ2) is 6.66. The second-order valence-corrected chi connectivity index (χ2v) is 6.77. The van der Waals surface area contributed by atoms with Crippen molar-refractivity contribution >= 4 is 27.9 Å². The van der Waals surface area contributed by atoms with Crippen LogP contribution in [-0.2, 0) is 0 Å². The van der Waals surface area contributed by atoms with Crippen molar-refractivity contribution in [3.8, 4) is 6.07 Å². The third-order valence-electron chi connectivity index (χ3n) is 5.09. The molecule has 0 saturated carbocycles. The lowest BCUT2D eigenvalue weighted by atomic mass is 9.97. The summed E-state index contributed by atoms with van der Waals surface area (Å²) in [6, 6.07) is 8.48. The van der Waals surface area contributed by atoms with Crippen LogP contribution in [0.5, 0.6) is 0 Å². The van der Waals surface area contributed by atoms with Gasteiger partial charge in [0.1, 0.15) is 6.07 Å². The van der Waals surface area contributed by atoms with Crippen LogP contribution in [0.2, 0.25) is 0 Å². The van der Waals surface area contributed by atoms with E-state index >= 15 is 0 Å². The Bertz CT molecular complexity index is 1040. The summed E-state index contributed by atoms with van der Waals surface area (Å²) < 4.78 is 0. The Morgan fingerprint density at radius 2 is 2.15 bits per heavy atom. The van der Waals surface area contributed by atoms with Crippen LogP contribution in [-0.4, -0.2) is 35.0 Å². The number of aryl methyl sites for hydroxylation is 1. The molecule has 0 unspecified atom stereocenters. The van der Waals surface area contributed by atoms with Crippen LogP contribution in [0.1, 0.15) is 23.1 Å². The number of nitrogens with zero attached hydrogens (tertiary/aromatic N) is 3. The molecule has 2 aromatic heterocycles. The third-order valence-corrected chi connectivity index (χ3v) is 5.09. The highest BCUT2D eigenvalue weighted by Gasteiger charge is 2.17. The monoisotopic (exact) mass is 343 g/mol. The minimum absolute atomic E-state index is 0.566. The predicted molar refractivity (Wildman–Crippen MR) is 105 cm³/mol. The molecule has 0 amide bonds. The van der Waals surface area contributed by atoms with Crippen LogP contribution in [0.3, 0.4) is 0 Å². The lowest BCUT2D eigenvalue weighted by molar-refractivity contribution is 0.370. The molecule has 4 rings (SSSR count). The predicted octanol–water partition coefficient (Wildman–Crippen LogP) is 4.21. The van der Waals surface area contributed by atoms with Crippen LogP contribution < -0.4 is 5.32 Å². The first-order valence-corrected chi connectivity index (χ1v) is 8.77. The van der Waals surface area contributed by atoms with E-state index in [1.54, 1.807) is 6.20 Å². The molecule has 1 aromatic carbocycles. The van der Waals surface area contributed by atoms with Crippen molar-refractivity contribution in [1.29, 1.82) is 5.26 Å². The van der Waals surface area contributed by atoms with E-state index in [1.165, 1.54) is 11.0 Å². The van der Waals surface area contributed by atoms with Crippen LogP contribution >= 0.6 is 0 Å². The minimum atomic E-state index is 0.566. The Morgan fingerprint density at radius 1 is 1.27 bits per heavy atom. The van der Waals surface area contributed by atoms with E-state index in [0.717, 1.165) is 47.5 Å². The summed E-state index contributed by atoms with van der Waals surface area (Å²) in [5.41, 5.74) is 6.96. The van der Waals surface area contributed by atoms with Crippen molar-refractivity contribution in [2.45, 2.75) is 13.3 Å². The number of fused-ring (bicyclic) bond motifs is 1. The van der Waals surface area contributed by atoms with Gasteiger partial charge in [-0.1, -0.05) is 6.08 Å². The van der Waals surface area contributed by atoms with E-state index in [-0.39, 0.29) is 0 Å². The van der Waals surface area contributed by atoms with Crippen LogP contribution in [0, 0.1) is 18.3 Å². The van der Waals surface area contributed by atoms with E-state index in [1.807, 2.05) is 12.4 Å². The Hall–Kier alpha value is -3.10. The van der Waals surface area contributed by atoms with E-state index < -0.39 is 0 Å². The van der Waals surface area contributed by atoms with Gasteiger partial charge in [-0.2, -0.15) is 5.26 Å². The number of pyridine rings is 1. The number of rotatable bonds is 3. The fourth-order valence-corrected chi connectivity index (χ4v) is 3.49. The van der Waals surface area contributed by atoms with E-state index in [0.29, 0.717) is 5.56 Å². The van der Waals surface area contributed by atoms with Crippen molar-refractivity contribution in [2.75, 3.05) is 25.5 Å². The normalized spacial score (nSPS) is 14.9. The Morgan fingerprint density at radius 3 is 2.92 bits per heavy atom. The molecule has 1 aliphatic heterocycles. The molecule has 1 aliphatic rings. The molecule has 5 nitrogen and oxygen atoms in total. The van der Waals surface area contributed by atoms with E-state index in [2.05, 4.69) is 64.5 Å². The van der Waals surface area contributed by atoms with Crippen LogP contribution in [0.25, 0.3) is 16.5 Å². The average Bonchev–Trinajstić information content (AvgIpc) is 3.14. The van der Waals surface area contributed by atoms with Gasteiger partial charge in [0, 0.05) is 53.8 Å². The van der Waals surface area contributed by atoms with Crippen LogP contribution in [0.4, 0.5) is 11.4 Å². The molecule has 2 N–H and O–H groups in total. The molecule has 5 heteroatoms. The summed E-state index contributed by atoms with van der Waals surface area (Å²) in [6.45, 7) is 4.02. The topological polar surface area (TPSA) is 67.7 Å². The Labute approximate surface area is 153 Å². The van der Waals surface area contributed by atoms with Crippen LogP contribution in [0.15, 0.2) is 42.9 Å². The molecule has 130 valence electrons.